The molecule has 0 spiro atoms. The van der Waals surface area contributed by atoms with Crippen molar-refractivity contribution >= 4 is 46.4 Å². The molecule has 0 atom stereocenters. The molecule has 2 aliphatic heterocycles. The van der Waals surface area contributed by atoms with Crippen molar-refractivity contribution in [1.82, 2.24) is 9.80 Å². The van der Waals surface area contributed by atoms with Crippen LogP contribution in [0.15, 0.2) is 48.5 Å². The van der Waals surface area contributed by atoms with E-state index in [-0.39, 0.29) is 52.4 Å². The van der Waals surface area contributed by atoms with E-state index < -0.39 is 23.7 Å². The minimum atomic E-state index is -5.17. The molecule has 0 saturated carbocycles. The number of carbonyl (C=O) groups is 2. The highest BCUT2D eigenvalue weighted by Gasteiger charge is 2.68. The Hall–Kier alpha value is -2.72. The van der Waals surface area contributed by atoms with Crippen LogP contribution in [0.4, 0.5) is 28.9 Å². The molecule has 0 aliphatic carbocycles. The molecule has 12 heteroatoms. The predicted octanol–water partition coefficient (Wildman–Crippen LogP) is 4.26. The van der Waals surface area contributed by atoms with E-state index in [1.165, 1.54) is 0 Å². The van der Waals surface area contributed by atoms with Crippen LogP contribution in [-0.4, -0.2) is 85.8 Å². The molecule has 2 aromatic rings. The van der Waals surface area contributed by atoms with Crippen LogP contribution in [0.1, 0.15) is 0 Å². The Balaban J connectivity index is 1.37. The molecular weight excluding hydrogens is 523 g/mol. The summed E-state index contributed by atoms with van der Waals surface area (Å²) < 4.78 is 59.2. The smallest absolute Gasteiger partial charge is 0.368 e. The van der Waals surface area contributed by atoms with E-state index in [0.717, 1.165) is 11.4 Å². The van der Waals surface area contributed by atoms with Crippen molar-refractivity contribution in [2.45, 2.75) is 11.8 Å². The molecular formula is C24H24Cl2F4N4O2. The third kappa shape index (κ3) is 5.20. The van der Waals surface area contributed by atoms with Crippen molar-refractivity contribution in [3.63, 3.8) is 0 Å². The van der Waals surface area contributed by atoms with Gasteiger partial charge in [-0.3, -0.25) is 9.59 Å². The average molecular weight is 547 g/mol. The molecule has 0 bridgehead atoms. The number of amides is 2. The maximum absolute atomic E-state index is 14.8. The van der Waals surface area contributed by atoms with Gasteiger partial charge in [-0.25, -0.2) is 0 Å². The second-order valence-corrected chi connectivity index (χ2v) is 9.54. The zero-order valence-electron chi connectivity index (χ0n) is 19.1. The summed E-state index contributed by atoms with van der Waals surface area (Å²) in [5.74, 6) is -14.5. The fourth-order valence-corrected chi connectivity index (χ4v) is 4.72. The van der Waals surface area contributed by atoms with Crippen molar-refractivity contribution in [1.29, 1.82) is 0 Å². The van der Waals surface area contributed by atoms with Gasteiger partial charge in [0.15, 0.2) is 0 Å². The second kappa shape index (κ2) is 10.3. The molecule has 0 unspecified atom stereocenters. The van der Waals surface area contributed by atoms with Crippen molar-refractivity contribution in [3.8, 4) is 0 Å². The summed E-state index contributed by atoms with van der Waals surface area (Å²) in [5.41, 5.74) is 1.47. The first-order valence-corrected chi connectivity index (χ1v) is 12.1. The standard InChI is InChI=1S/C24H24Cl2F4N4O2/c25-17-3-1-5-19(15-17)31-7-11-33(12-8-31)21(35)23(27,28)24(29,30)22(36)34-13-9-32(10-14-34)20-6-2-4-18(26)16-20/h1-6,15-16H,7-14H2. The van der Waals surface area contributed by atoms with Gasteiger partial charge in [-0.05, 0) is 36.4 Å². The van der Waals surface area contributed by atoms with Gasteiger partial charge in [-0.1, -0.05) is 35.3 Å². The molecule has 2 amide bonds. The molecule has 2 aliphatic rings. The molecule has 36 heavy (non-hydrogen) atoms. The van der Waals surface area contributed by atoms with Gasteiger partial charge in [0, 0.05) is 73.8 Å². The van der Waals surface area contributed by atoms with Gasteiger partial charge in [0.2, 0.25) is 0 Å². The van der Waals surface area contributed by atoms with Crippen LogP contribution in [0.5, 0.6) is 0 Å². The molecule has 0 N–H and O–H groups in total. The Morgan fingerprint density at radius 2 is 0.944 bits per heavy atom. The summed E-state index contributed by atoms with van der Waals surface area (Å²) in [4.78, 5) is 30.0. The third-order valence-corrected chi connectivity index (χ3v) is 6.88. The first-order chi connectivity index (χ1) is 17.0. The topological polar surface area (TPSA) is 47.1 Å². The Bertz CT molecular complexity index is 1030. The fourth-order valence-electron chi connectivity index (χ4n) is 4.35. The number of halogens is 6. The molecule has 0 radical (unpaired) electrons. The zero-order valence-corrected chi connectivity index (χ0v) is 20.7. The molecule has 2 heterocycles. The first-order valence-electron chi connectivity index (χ1n) is 11.4. The van der Waals surface area contributed by atoms with E-state index in [0.29, 0.717) is 19.8 Å². The van der Waals surface area contributed by atoms with E-state index in [1.54, 1.807) is 48.5 Å². The summed E-state index contributed by atoms with van der Waals surface area (Å²) >= 11 is 11.9. The van der Waals surface area contributed by atoms with Gasteiger partial charge in [0.25, 0.3) is 11.8 Å². The predicted molar refractivity (Wildman–Crippen MR) is 130 cm³/mol. The maximum Gasteiger partial charge on any atom is 0.395 e. The monoisotopic (exact) mass is 546 g/mol. The molecule has 6 nitrogen and oxygen atoms in total. The Kier molecular flexibility index (Phi) is 7.56. The van der Waals surface area contributed by atoms with Gasteiger partial charge < -0.3 is 19.6 Å². The third-order valence-electron chi connectivity index (χ3n) is 6.41. The summed E-state index contributed by atoms with van der Waals surface area (Å²) in [6.45, 7) is -0.124. The molecule has 194 valence electrons. The van der Waals surface area contributed by atoms with Crippen LogP contribution in [-0.2, 0) is 9.59 Å². The minimum Gasteiger partial charge on any atom is -0.368 e. The Labute approximate surface area is 215 Å². The summed E-state index contributed by atoms with van der Waals surface area (Å²) in [7, 11) is 0. The number of anilines is 2. The number of hydrogen-bond acceptors (Lipinski definition) is 4. The number of alkyl halides is 4. The van der Waals surface area contributed by atoms with Gasteiger partial charge >= 0.3 is 11.8 Å². The van der Waals surface area contributed by atoms with Crippen LogP contribution < -0.4 is 9.80 Å². The van der Waals surface area contributed by atoms with E-state index in [4.69, 9.17) is 23.2 Å². The van der Waals surface area contributed by atoms with E-state index in [1.807, 2.05) is 9.80 Å². The lowest BCUT2D eigenvalue weighted by Gasteiger charge is -2.40. The highest BCUT2D eigenvalue weighted by atomic mass is 35.5. The average Bonchev–Trinajstić information content (AvgIpc) is 2.88. The molecule has 2 saturated heterocycles. The Morgan fingerprint density at radius 1 is 0.611 bits per heavy atom. The van der Waals surface area contributed by atoms with Crippen molar-refractivity contribution < 1.29 is 27.2 Å². The van der Waals surface area contributed by atoms with Gasteiger partial charge in [0.05, 0.1) is 0 Å². The summed E-state index contributed by atoms with van der Waals surface area (Å²) in [6, 6.07) is 13.7. The van der Waals surface area contributed by atoms with E-state index in [9.17, 15) is 27.2 Å². The van der Waals surface area contributed by atoms with Crippen LogP contribution >= 0.6 is 23.2 Å². The summed E-state index contributed by atoms with van der Waals surface area (Å²) in [5, 5.41) is 0.980. The molecule has 2 fully saturated rings. The number of carbonyl (C=O) groups excluding carboxylic acids is 2. The number of benzene rings is 2. The van der Waals surface area contributed by atoms with Gasteiger partial charge in [0.1, 0.15) is 0 Å². The number of nitrogens with zero attached hydrogens (tertiary/aromatic N) is 4. The number of rotatable bonds is 5. The fraction of sp³-hybridized carbons (Fsp3) is 0.417. The van der Waals surface area contributed by atoms with Crippen LogP contribution in [0.3, 0.4) is 0 Å². The lowest BCUT2D eigenvalue weighted by molar-refractivity contribution is -0.223. The zero-order chi connectivity index (χ0) is 26.1. The normalized spacial score (nSPS) is 17.4. The van der Waals surface area contributed by atoms with Gasteiger partial charge in [-0.2, -0.15) is 17.6 Å². The largest absolute Gasteiger partial charge is 0.395 e. The quantitative estimate of drug-likeness (QED) is 0.526. The van der Waals surface area contributed by atoms with Gasteiger partial charge in [-0.15, -0.1) is 0 Å². The molecule has 4 rings (SSSR count). The highest BCUT2D eigenvalue weighted by molar-refractivity contribution is 6.31. The second-order valence-electron chi connectivity index (χ2n) is 8.67. The van der Waals surface area contributed by atoms with Crippen molar-refractivity contribution in [2.75, 3.05) is 62.2 Å². The Morgan fingerprint density at radius 3 is 1.25 bits per heavy atom. The van der Waals surface area contributed by atoms with Crippen LogP contribution in [0, 0.1) is 0 Å². The lowest BCUT2D eigenvalue weighted by Crippen LogP contribution is -2.64. The van der Waals surface area contributed by atoms with E-state index >= 15 is 0 Å². The summed E-state index contributed by atoms with van der Waals surface area (Å²) in [6.07, 6.45) is 0. The highest BCUT2D eigenvalue weighted by Crippen LogP contribution is 2.38. The van der Waals surface area contributed by atoms with E-state index in [2.05, 4.69) is 0 Å². The first kappa shape index (κ1) is 26.3. The number of hydrogen-bond donors (Lipinski definition) is 0. The van der Waals surface area contributed by atoms with Crippen molar-refractivity contribution in [2.24, 2.45) is 0 Å². The van der Waals surface area contributed by atoms with Crippen LogP contribution in [0.2, 0.25) is 10.0 Å². The van der Waals surface area contributed by atoms with Crippen molar-refractivity contribution in [3.05, 3.63) is 58.6 Å². The molecule has 0 aromatic heterocycles. The maximum atomic E-state index is 14.8. The number of piperazine rings is 2. The van der Waals surface area contributed by atoms with Crippen LogP contribution in [0.25, 0.3) is 0 Å². The minimum absolute atomic E-state index is 0.160. The lowest BCUT2D eigenvalue weighted by atomic mass is 10.1. The molecule has 2 aromatic carbocycles. The SMILES string of the molecule is O=C(N1CCN(c2cccc(Cl)c2)CC1)C(F)(F)C(F)(F)C(=O)N1CCN(c2cccc(Cl)c2)CC1.